The number of piperidine rings is 1. The van der Waals surface area contributed by atoms with E-state index in [1.807, 2.05) is 18.2 Å². The monoisotopic (exact) mass is 349 g/mol. The molecule has 0 amide bonds. The van der Waals surface area contributed by atoms with E-state index < -0.39 is 0 Å². The third-order valence-corrected chi connectivity index (χ3v) is 4.47. The highest BCUT2D eigenvalue weighted by atomic mass is 19.1. The summed E-state index contributed by atoms with van der Waals surface area (Å²) in [6.07, 6.45) is 5.65. The SMILES string of the molecule is Fc1ccccc1-c1nc(NC2CCCNC2)cc(-c2ccncc2)n1. The molecule has 1 aliphatic heterocycles. The number of nitrogens with one attached hydrogen (secondary N) is 2. The average Bonchev–Trinajstić information content (AvgIpc) is 2.69. The van der Waals surface area contributed by atoms with Crippen molar-refractivity contribution in [3.63, 3.8) is 0 Å². The molecule has 1 aromatic carbocycles. The summed E-state index contributed by atoms with van der Waals surface area (Å²) in [5.41, 5.74) is 2.06. The summed E-state index contributed by atoms with van der Waals surface area (Å²) in [6, 6.07) is 12.6. The zero-order valence-corrected chi connectivity index (χ0v) is 14.3. The van der Waals surface area contributed by atoms with Crippen molar-refractivity contribution in [2.75, 3.05) is 18.4 Å². The van der Waals surface area contributed by atoms with Gasteiger partial charge in [0.2, 0.25) is 0 Å². The number of aromatic nitrogens is 3. The Morgan fingerprint density at radius 3 is 2.69 bits per heavy atom. The molecule has 1 aliphatic rings. The molecule has 1 atom stereocenters. The van der Waals surface area contributed by atoms with Gasteiger partial charge in [-0.15, -0.1) is 0 Å². The zero-order valence-electron chi connectivity index (χ0n) is 14.3. The van der Waals surface area contributed by atoms with Crippen molar-refractivity contribution in [3.8, 4) is 22.6 Å². The third-order valence-electron chi connectivity index (χ3n) is 4.47. The molecule has 1 unspecified atom stereocenters. The molecule has 2 aromatic heterocycles. The average molecular weight is 349 g/mol. The largest absolute Gasteiger partial charge is 0.366 e. The summed E-state index contributed by atoms with van der Waals surface area (Å²) in [5, 5.41) is 6.85. The van der Waals surface area contributed by atoms with Crippen LogP contribution in [0.5, 0.6) is 0 Å². The first-order chi connectivity index (χ1) is 12.8. The Labute approximate surface area is 151 Å². The fourth-order valence-corrected chi connectivity index (χ4v) is 3.14. The van der Waals surface area contributed by atoms with E-state index in [1.54, 1.807) is 30.6 Å². The number of hydrogen-bond acceptors (Lipinski definition) is 5. The van der Waals surface area contributed by atoms with Crippen molar-refractivity contribution in [1.82, 2.24) is 20.3 Å². The number of rotatable bonds is 4. The molecule has 0 spiro atoms. The molecule has 2 N–H and O–H groups in total. The minimum Gasteiger partial charge on any atom is -0.366 e. The van der Waals surface area contributed by atoms with E-state index in [2.05, 4.69) is 25.6 Å². The van der Waals surface area contributed by atoms with Crippen LogP contribution in [0.1, 0.15) is 12.8 Å². The van der Waals surface area contributed by atoms with Gasteiger partial charge in [0.1, 0.15) is 11.6 Å². The lowest BCUT2D eigenvalue weighted by Gasteiger charge is -2.24. The summed E-state index contributed by atoms with van der Waals surface area (Å²) in [6.45, 7) is 1.94. The molecule has 6 heteroatoms. The van der Waals surface area contributed by atoms with Crippen molar-refractivity contribution < 1.29 is 4.39 Å². The molecule has 1 saturated heterocycles. The van der Waals surface area contributed by atoms with Gasteiger partial charge in [-0.1, -0.05) is 12.1 Å². The number of pyridine rings is 1. The third kappa shape index (κ3) is 3.70. The molecule has 0 aliphatic carbocycles. The molecule has 26 heavy (non-hydrogen) atoms. The number of anilines is 1. The van der Waals surface area contributed by atoms with Crippen molar-refractivity contribution in [1.29, 1.82) is 0 Å². The van der Waals surface area contributed by atoms with Gasteiger partial charge in [-0.25, -0.2) is 14.4 Å². The van der Waals surface area contributed by atoms with E-state index in [0.29, 0.717) is 23.2 Å². The van der Waals surface area contributed by atoms with Gasteiger partial charge in [-0.2, -0.15) is 0 Å². The lowest BCUT2D eigenvalue weighted by atomic mass is 10.1. The van der Waals surface area contributed by atoms with Crippen LogP contribution >= 0.6 is 0 Å². The first-order valence-electron chi connectivity index (χ1n) is 8.81. The maximum atomic E-state index is 14.3. The van der Waals surface area contributed by atoms with E-state index >= 15 is 0 Å². The Kier molecular flexibility index (Phi) is 4.84. The number of benzene rings is 1. The molecule has 132 valence electrons. The predicted molar refractivity (Wildman–Crippen MR) is 100 cm³/mol. The van der Waals surface area contributed by atoms with E-state index in [9.17, 15) is 4.39 Å². The molecule has 5 nitrogen and oxygen atoms in total. The van der Waals surface area contributed by atoms with Gasteiger partial charge in [0.25, 0.3) is 0 Å². The summed E-state index contributed by atoms with van der Waals surface area (Å²) in [7, 11) is 0. The quantitative estimate of drug-likeness (QED) is 0.755. The summed E-state index contributed by atoms with van der Waals surface area (Å²) in [5.74, 6) is 0.757. The van der Waals surface area contributed by atoms with Gasteiger partial charge >= 0.3 is 0 Å². The van der Waals surface area contributed by atoms with E-state index in [0.717, 1.165) is 37.2 Å². The highest BCUT2D eigenvalue weighted by Crippen LogP contribution is 2.26. The predicted octanol–water partition coefficient (Wildman–Crippen LogP) is 3.51. The van der Waals surface area contributed by atoms with Gasteiger partial charge in [-0.05, 0) is 43.7 Å². The second-order valence-electron chi connectivity index (χ2n) is 6.37. The Bertz CT molecular complexity index is 878. The Hall–Kier alpha value is -2.86. The molecule has 3 heterocycles. The maximum Gasteiger partial charge on any atom is 0.165 e. The molecule has 1 fully saturated rings. The first kappa shape index (κ1) is 16.6. The van der Waals surface area contributed by atoms with Crippen LogP contribution in [0, 0.1) is 5.82 Å². The van der Waals surface area contributed by atoms with Gasteiger partial charge in [-0.3, -0.25) is 4.98 Å². The van der Waals surface area contributed by atoms with Gasteiger partial charge in [0.05, 0.1) is 11.3 Å². The van der Waals surface area contributed by atoms with Crippen molar-refractivity contribution >= 4 is 5.82 Å². The Morgan fingerprint density at radius 2 is 1.92 bits per heavy atom. The molecular weight excluding hydrogens is 329 g/mol. The summed E-state index contributed by atoms with van der Waals surface area (Å²) < 4.78 is 14.3. The van der Waals surface area contributed by atoms with Crippen LogP contribution < -0.4 is 10.6 Å². The minimum atomic E-state index is -0.329. The van der Waals surface area contributed by atoms with Gasteiger partial charge in [0.15, 0.2) is 5.82 Å². The van der Waals surface area contributed by atoms with Crippen molar-refractivity contribution in [2.24, 2.45) is 0 Å². The molecule has 3 aromatic rings. The normalized spacial score (nSPS) is 17.0. The highest BCUT2D eigenvalue weighted by molar-refractivity contribution is 5.67. The van der Waals surface area contributed by atoms with Crippen molar-refractivity contribution in [2.45, 2.75) is 18.9 Å². The molecule has 0 saturated carbocycles. The van der Waals surface area contributed by atoms with Crippen LogP contribution in [0.3, 0.4) is 0 Å². The van der Waals surface area contributed by atoms with E-state index in [1.165, 1.54) is 6.07 Å². The second-order valence-corrected chi connectivity index (χ2v) is 6.37. The molecule has 0 bridgehead atoms. The van der Waals surface area contributed by atoms with E-state index in [4.69, 9.17) is 0 Å². The standard InChI is InChI=1S/C20H20FN5/c21-17-6-2-1-5-16(17)20-25-18(14-7-10-22-11-8-14)12-19(26-20)24-15-4-3-9-23-13-15/h1-2,5-8,10-12,15,23H,3-4,9,13H2,(H,24,25,26). The highest BCUT2D eigenvalue weighted by Gasteiger charge is 2.16. The minimum absolute atomic E-state index is 0.303. The number of hydrogen-bond donors (Lipinski definition) is 2. The van der Waals surface area contributed by atoms with Crippen LogP contribution in [-0.4, -0.2) is 34.1 Å². The lowest BCUT2D eigenvalue weighted by molar-refractivity contribution is 0.479. The van der Waals surface area contributed by atoms with Crippen LogP contribution in [0.15, 0.2) is 54.9 Å². The zero-order chi connectivity index (χ0) is 17.8. The fourth-order valence-electron chi connectivity index (χ4n) is 3.14. The van der Waals surface area contributed by atoms with E-state index in [-0.39, 0.29) is 5.82 Å². The molecule has 0 radical (unpaired) electrons. The van der Waals surface area contributed by atoms with Gasteiger partial charge in [0, 0.05) is 36.6 Å². The van der Waals surface area contributed by atoms with Crippen molar-refractivity contribution in [3.05, 3.63) is 60.7 Å². The van der Waals surface area contributed by atoms with Crippen LogP contribution in [0.2, 0.25) is 0 Å². The Balaban J connectivity index is 1.75. The van der Waals surface area contributed by atoms with Gasteiger partial charge < -0.3 is 10.6 Å². The number of nitrogens with zero attached hydrogens (tertiary/aromatic N) is 3. The molecular formula is C20H20FN5. The summed E-state index contributed by atoms with van der Waals surface area (Å²) in [4.78, 5) is 13.2. The first-order valence-corrected chi connectivity index (χ1v) is 8.81. The fraction of sp³-hybridized carbons (Fsp3) is 0.250. The second kappa shape index (κ2) is 7.58. The lowest BCUT2D eigenvalue weighted by Crippen LogP contribution is -2.38. The molecule has 4 rings (SSSR count). The van der Waals surface area contributed by atoms with Crippen LogP contribution in [-0.2, 0) is 0 Å². The summed E-state index contributed by atoms with van der Waals surface area (Å²) >= 11 is 0. The van der Waals surface area contributed by atoms with Crippen LogP contribution in [0.4, 0.5) is 10.2 Å². The number of halogens is 1. The Morgan fingerprint density at radius 1 is 1.08 bits per heavy atom. The maximum absolute atomic E-state index is 14.3. The topological polar surface area (TPSA) is 62.7 Å². The smallest absolute Gasteiger partial charge is 0.165 e. The van der Waals surface area contributed by atoms with Crippen LogP contribution in [0.25, 0.3) is 22.6 Å².